The molecule has 0 spiro atoms. The molecule has 1 rings (SSSR count). The molecule has 2 N–H and O–H groups in total. The molecule has 0 radical (unpaired) electrons. The summed E-state index contributed by atoms with van der Waals surface area (Å²) in [4.78, 5) is 12.7. The first kappa shape index (κ1) is 14.7. The predicted octanol–water partition coefficient (Wildman–Crippen LogP) is 1.35. The minimum atomic E-state index is -0.791. The molecule has 0 saturated carbocycles. The van der Waals surface area contributed by atoms with Crippen LogP contribution in [0.25, 0.3) is 0 Å². The number of nitrogens with one attached hydrogen (secondary N) is 1. The average molecular weight is 250 g/mol. The molecule has 1 aromatic rings. The molecule has 0 bridgehead atoms. The number of nitrogens with zero attached hydrogens (tertiary/aromatic N) is 1. The second-order valence-corrected chi connectivity index (χ2v) is 4.93. The fraction of sp³-hybridized carbons (Fsp3) is 0.500. The van der Waals surface area contributed by atoms with E-state index in [1.54, 1.807) is 0 Å². The molecule has 0 aliphatic carbocycles. The molecule has 0 aliphatic rings. The number of rotatable bonds is 7. The van der Waals surface area contributed by atoms with E-state index in [9.17, 15) is 4.79 Å². The van der Waals surface area contributed by atoms with Crippen LogP contribution in [0.4, 0.5) is 0 Å². The van der Waals surface area contributed by atoms with Crippen LogP contribution in [0.15, 0.2) is 24.3 Å². The summed E-state index contributed by atoms with van der Waals surface area (Å²) in [7, 11) is 4.11. The molecule has 18 heavy (non-hydrogen) atoms. The van der Waals surface area contributed by atoms with Crippen LogP contribution in [0.3, 0.4) is 0 Å². The topological polar surface area (TPSA) is 52.6 Å². The summed E-state index contributed by atoms with van der Waals surface area (Å²) in [6.45, 7) is 3.96. The fourth-order valence-corrected chi connectivity index (χ4v) is 1.85. The average Bonchev–Trinajstić information content (AvgIpc) is 2.26. The number of carboxylic acids is 1. The molecule has 0 aliphatic heterocycles. The molecule has 0 saturated heterocycles. The van der Waals surface area contributed by atoms with Gasteiger partial charge in [-0.25, -0.2) is 0 Å². The molecule has 0 amide bonds. The molecular formula is C14H22N2O2. The molecule has 0 heterocycles. The van der Waals surface area contributed by atoms with Crippen LogP contribution in [0, 0.1) is 0 Å². The maximum absolute atomic E-state index is 10.6. The molecular weight excluding hydrogens is 228 g/mol. The van der Waals surface area contributed by atoms with E-state index in [4.69, 9.17) is 5.11 Å². The van der Waals surface area contributed by atoms with Gasteiger partial charge in [0.2, 0.25) is 0 Å². The Morgan fingerprint density at radius 1 is 1.28 bits per heavy atom. The van der Waals surface area contributed by atoms with E-state index in [2.05, 4.69) is 31.2 Å². The summed E-state index contributed by atoms with van der Waals surface area (Å²) in [6, 6.07) is 8.14. The van der Waals surface area contributed by atoms with E-state index in [0.717, 1.165) is 18.7 Å². The lowest BCUT2D eigenvalue weighted by Gasteiger charge is -2.18. The van der Waals surface area contributed by atoms with Crippen LogP contribution >= 0.6 is 0 Å². The zero-order chi connectivity index (χ0) is 13.5. The normalized spacial score (nSPS) is 12.7. The van der Waals surface area contributed by atoms with Crippen molar-refractivity contribution in [2.45, 2.75) is 25.9 Å². The van der Waals surface area contributed by atoms with E-state index in [1.165, 1.54) is 5.56 Å². The van der Waals surface area contributed by atoms with Gasteiger partial charge in [-0.05, 0) is 32.1 Å². The number of carboxylic acid groups (broad SMARTS) is 1. The number of hydrogen-bond acceptors (Lipinski definition) is 3. The predicted molar refractivity (Wildman–Crippen MR) is 72.6 cm³/mol. The van der Waals surface area contributed by atoms with E-state index in [-0.39, 0.29) is 6.42 Å². The number of likely N-dealkylation sites (N-methyl/N-ethyl adjacent to an activating group) is 1. The Morgan fingerprint density at radius 2 is 1.83 bits per heavy atom. The Labute approximate surface area is 109 Å². The van der Waals surface area contributed by atoms with Crippen molar-refractivity contribution < 1.29 is 9.90 Å². The van der Waals surface area contributed by atoms with Crippen LogP contribution in [-0.4, -0.2) is 42.7 Å². The van der Waals surface area contributed by atoms with Crippen LogP contribution < -0.4 is 5.32 Å². The van der Waals surface area contributed by atoms with Gasteiger partial charge in [0, 0.05) is 19.1 Å². The quantitative estimate of drug-likeness (QED) is 0.767. The second kappa shape index (κ2) is 7.13. The summed E-state index contributed by atoms with van der Waals surface area (Å²) >= 11 is 0. The monoisotopic (exact) mass is 250 g/mol. The van der Waals surface area contributed by atoms with Gasteiger partial charge in [0.25, 0.3) is 0 Å². The number of hydrogen-bond donors (Lipinski definition) is 2. The van der Waals surface area contributed by atoms with E-state index < -0.39 is 5.97 Å². The van der Waals surface area contributed by atoms with Crippen LogP contribution in [0.5, 0.6) is 0 Å². The van der Waals surface area contributed by atoms with E-state index in [0.29, 0.717) is 6.04 Å². The number of aliphatic carboxylic acids is 1. The summed E-state index contributed by atoms with van der Waals surface area (Å²) in [5, 5.41) is 12.1. The van der Waals surface area contributed by atoms with Crippen molar-refractivity contribution in [2.24, 2.45) is 0 Å². The number of benzene rings is 1. The fourth-order valence-electron chi connectivity index (χ4n) is 1.85. The highest BCUT2D eigenvalue weighted by molar-refractivity contribution is 5.70. The highest BCUT2D eigenvalue weighted by atomic mass is 16.4. The Hall–Kier alpha value is -1.39. The molecule has 100 valence electrons. The minimum absolute atomic E-state index is 0.0880. The zero-order valence-electron chi connectivity index (χ0n) is 11.3. The van der Waals surface area contributed by atoms with Gasteiger partial charge >= 0.3 is 5.97 Å². The van der Waals surface area contributed by atoms with Crippen LogP contribution in [0.2, 0.25) is 0 Å². The first-order valence-electron chi connectivity index (χ1n) is 6.15. The third-order valence-electron chi connectivity index (χ3n) is 2.67. The van der Waals surface area contributed by atoms with Crippen LogP contribution in [-0.2, 0) is 17.8 Å². The number of carbonyl (C=O) groups is 1. The minimum Gasteiger partial charge on any atom is -0.481 e. The summed E-state index contributed by atoms with van der Waals surface area (Å²) in [5.41, 5.74) is 2.02. The highest BCUT2D eigenvalue weighted by Crippen LogP contribution is 2.05. The van der Waals surface area contributed by atoms with Crippen molar-refractivity contribution in [1.29, 1.82) is 0 Å². The summed E-state index contributed by atoms with van der Waals surface area (Å²) < 4.78 is 0. The van der Waals surface area contributed by atoms with Crippen molar-refractivity contribution in [1.82, 2.24) is 10.2 Å². The molecule has 0 fully saturated rings. The first-order chi connectivity index (χ1) is 8.47. The molecule has 4 heteroatoms. The highest BCUT2D eigenvalue weighted by Gasteiger charge is 2.03. The summed E-state index contributed by atoms with van der Waals surface area (Å²) in [5.74, 6) is -0.791. The largest absolute Gasteiger partial charge is 0.481 e. The van der Waals surface area contributed by atoms with Gasteiger partial charge in [-0.3, -0.25) is 4.79 Å². The van der Waals surface area contributed by atoms with Crippen molar-refractivity contribution in [2.75, 3.05) is 20.6 Å². The maximum Gasteiger partial charge on any atom is 0.307 e. The molecule has 4 nitrogen and oxygen atoms in total. The molecule has 1 aromatic carbocycles. The van der Waals surface area contributed by atoms with Gasteiger partial charge in [-0.2, -0.15) is 0 Å². The van der Waals surface area contributed by atoms with Gasteiger partial charge in [-0.15, -0.1) is 0 Å². The smallest absolute Gasteiger partial charge is 0.307 e. The lowest BCUT2D eigenvalue weighted by Crippen LogP contribution is -2.35. The Morgan fingerprint density at radius 3 is 2.33 bits per heavy atom. The maximum atomic E-state index is 10.6. The second-order valence-electron chi connectivity index (χ2n) is 4.93. The van der Waals surface area contributed by atoms with Gasteiger partial charge in [0.1, 0.15) is 0 Å². The van der Waals surface area contributed by atoms with Crippen LogP contribution in [0.1, 0.15) is 18.1 Å². The lowest BCUT2D eigenvalue weighted by molar-refractivity contribution is -0.136. The first-order valence-corrected chi connectivity index (χ1v) is 6.15. The van der Waals surface area contributed by atoms with Crippen molar-refractivity contribution in [3.8, 4) is 0 Å². The SMILES string of the molecule is CC(CN(C)C)NCc1ccc(CC(=O)O)cc1. The van der Waals surface area contributed by atoms with E-state index in [1.807, 2.05) is 24.3 Å². The van der Waals surface area contributed by atoms with Gasteiger partial charge < -0.3 is 15.3 Å². The standard InChI is InChI=1S/C14H22N2O2/c1-11(10-16(2)3)15-9-13-6-4-12(5-7-13)8-14(17)18/h4-7,11,15H,8-10H2,1-3H3,(H,17,18). The van der Waals surface area contributed by atoms with E-state index >= 15 is 0 Å². The molecule has 0 aromatic heterocycles. The van der Waals surface area contributed by atoms with Crippen molar-refractivity contribution in [3.63, 3.8) is 0 Å². The van der Waals surface area contributed by atoms with Gasteiger partial charge in [0.05, 0.1) is 6.42 Å². The third kappa shape index (κ3) is 5.80. The lowest BCUT2D eigenvalue weighted by atomic mass is 10.1. The Bertz CT molecular complexity index is 374. The van der Waals surface area contributed by atoms with Gasteiger partial charge in [-0.1, -0.05) is 24.3 Å². The zero-order valence-corrected chi connectivity index (χ0v) is 11.3. The third-order valence-corrected chi connectivity index (χ3v) is 2.67. The Kier molecular flexibility index (Phi) is 5.82. The van der Waals surface area contributed by atoms with Gasteiger partial charge in [0.15, 0.2) is 0 Å². The molecule has 1 unspecified atom stereocenters. The Balaban J connectivity index is 2.41. The molecule has 1 atom stereocenters. The van der Waals surface area contributed by atoms with Crippen molar-refractivity contribution >= 4 is 5.97 Å². The summed E-state index contributed by atoms with van der Waals surface area (Å²) in [6.07, 6.45) is 0.0880. The van der Waals surface area contributed by atoms with Crippen molar-refractivity contribution in [3.05, 3.63) is 35.4 Å².